The second-order valence-electron chi connectivity index (χ2n) is 5.86. The first-order chi connectivity index (χ1) is 11.5. The zero-order valence-electron chi connectivity index (χ0n) is 12.7. The maximum atomic E-state index is 12.6. The van der Waals surface area contributed by atoms with Crippen LogP contribution in [0.2, 0.25) is 0 Å². The highest BCUT2D eigenvalue weighted by Gasteiger charge is 2.42. The Morgan fingerprint density at radius 3 is 2.92 bits per heavy atom. The Hall–Kier alpha value is -2.58. The Morgan fingerprint density at radius 1 is 1.38 bits per heavy atom. The Balaban J connectivity index is 1.94. The predicted octanol–water partition coefficient (Wildman–Crippen LogP) is -0.0385. The molecule has 0 bridgehead atoms. The first-order valence-corrected chi connectivity index (χ1v) is 7.50. The number of carbonyl (C=O) groups is 2. The second kappa shape index (κ2) is 5.22. The molecule has 0 radical (unpaired) electrons. The summed E-state index contributed by atoms with van der Waals surface area (Å²) in [5.41, 5.74) is 1.30. The van der Waals surface area contributed by atoms with Crippen LogP contribution in [0.25, 0.3) is 5.57 Å². The van der Waals surface area contributed by atoms with Crippen LogP contribution in [-0.4, -0.2) is 47.1 Å². The predicted molar refractivity (Wildman–Crippen MR) is 79.7 cm³/mol. The number of fused-ring (bicyclic) bond motifs is 4. The molecule has 3 aliphatic rings. The van der Waals surface area contributed by atoms with Gasteiger partial charge in [0.15, 0.2) is 11.5 Å². The van der Waals surface area contributed by atoms with Crippen molar-refractivity contribution in [2.75, 3.05) is 6.79 Å². The van der Waals surface area contributed by atoms with E-state index in [4.69, 9.17) is 14.2 Å². The minimum absolute atomic E-state index is 0.00459. The summed E-state index contributed by atoms with van der Waals surface area (Å²) in [5.74, 6) is -0.543. The van der Waals surface area contributed by atoms with Crippen molar-refractivity contribution in [3.05, 3.63) is 23.3 Å². The average Bonchev–Trinajstić information content (AvgIpc) is 2.99. The first kappa shape index (κ1) is 15.0. The molecular formula is C16H15NO7. The van der Waals surface area contributed by atoms with E-state index >= 15 is 0 Å². The van der Waals surface area contributed by atoms with Crippen LogP contribution in [0.1, 0.15) is 29.3 Å². The van der Waals surface area contributed by atoms with E-state index < -0.39 is 30.1 Å². The van der Waals surface area contributed by atoms with E-state index in [0.717, 1.165) is 0 Å². The summed E-state index contributed by atoms with van der Waals surface area (Å²) in [6, 6.07) is 0.895. The van der Waals surface area contributed by atoms with E-state index in [1.165, 1.54) is 6.92 Å². The Kier molecular flexibility index (Phi) is 3.26. The Morgan fingerprint density at radius 2 is 2.17 bits per heavy atom. The molecule has 1 aromatic carbocycles. The lowest BCUT2D eigenvalue weighted by molar-refractivity contribution is -0.132. The largest absolute Gasteiger partial charge is 0.453 e. The number of carbonyl (C=O) groups excluding carboxylic acids is 2. The van der Waals surface area contributed by atoms with Gasteiger partial charge in [0.2, 0.25) is 12.5 Å². The summed E-state index contributed by atoms with van der Waals surface area (Å²) >= 11 is 0. The van der Waals surface area contributed by atoms with E-state index in [-0.39, 0.29) is 30.3 Å². The van der Waals surface area contributed by atoms with Crippen molar-refractivity contribution in [1.29, 1.82) is 0 Å². The van der Waals surface area contributed by atoms with Gasteiger partial charge in [-0.15, -0.1) is 0 Å². The van der Waals surface area contributed by atoms with E-state index in [2.05, 4.69) is 5.32 Å². The number of amides is 1. The summed E-state index contributed by atoms with van der Waals surface area (Å²) in [6.07, 6.45) is -0.0769. The molecule has 4 rings (SSSR count). The molecule has 2 heterocycles. The number of hydrogen-bond acceptors (Lipinski definition) is 7. The summed E-state index contributed by atoms with van der Waals surface area (Å²) in [7, 11) is 0. The van der Waals surface area contributed by atoms with Gasteiger partial charge >= 0.3 is 5.97 Å². The minimum Gasteiger partial charge on any atom is -0.453 e. The molecular weight excluding hydrogens is 318 g/mol. The van der Waals surface area contributed by atoms with Crippen molar-refractivity contribution < 1.29 is 34.0 Å². The molecule has 1 aromatic rings. The maximum Gasteiger partial charge on any atom is 0.308 e. The van der Waals surface area contributed by atoms with Crippen LogP contribution in [0.4, 0.5) is 0 Å². The molecule has 1 amide bonds. The van der Waals surface area contributed by atoms with Gasteiger partial charge in [-0.25, -0.2) is 0 Å². The monoisotopic (exact) mass is 333 g/mol. The molecule has 8 heteroatoms. The number of esters is 1. The molecule has 0 saturated carbocycles. The van der Waals surface area contributed by atoms with Gasteiger partial charge in [0, 0.05) is 6.92 Å². The zero-order chi connectivity index (χ0) is 17.0. The number of rotatable bonds is 1. The highest BCUT2D eigenvalue weighted by molar-refractivity contribution is 6.08. The zero-order valence-corrected chi connectivity index (χ0v) is 12.7. The lowest BCUT2D eigenvalue weighted by Gasteiger charge is -2.37. The van der Waals surface area contributed by atoms with Gasteiger partial charge in [-0.3, -0.25) is 9.59 Å². The number of hydrogen-bond donors (Lipinski definition) is 3. The number of nitrogens with one attached hydrogen (secondary N) is 1. The summed E-state index contributed by atoms with van der Waals surface area (Å²) in [6.45, 7) is 1.18. The van der Waals surface area contributed by atoms with Gasteiger partial charge in [-0.05, 0) is 23.6 Å². The summed E-state index contributed by atoms with van der Waals surface area (Å²) < 4.78 is 15.9. The van der Waals surface area contributed by atoms with Crippen molar-refractivity contribution >= 4 is 17.4 Å². The number of ether oxygens (including phenoxy) is 3. The van der Waals surface area contributed by atoms with Crippen LogP contribution in [0.15, 0.2) is 12.1 Å². The van der Waals surface area contributed by atoms with Crippen molar-refractivity contribution in [3.63, 3.8) is 0 Å². The van der Waals surface area contributed by atoms with Crippen LogP contribution in [0.5, 0.6) is 17.2 Å². The fourth-order valence-corrected chi connectivity index (χ4v) is 3.28. The minimum atomic E-state index is -1.12. The molecule has 0 aromatic heterocycles. The van der Waals surface area contributed by atoms with Gasteiger partial charge < -0.3 is 29.7 Å². The summed E-state index contributed by atoms with van der Waals surface area (Å²) in [4.78, 5) is 24.0. The van der Waals surface area contributed by atoms with Crippen molar-refractivity contribution in [1.82, 2.24) is 5.32 Å². The lowest BCUT2D eigenvalue weighted by Crippen LogP contribution is -2.53. The number of benzene rings is 1. The second-order valence-corrected chi connectivity index (χ2v) is 5.86. The highest BCUT2D eigenvalue weighted by atomic mass is 16.7. The third kappa shape index (κ3) is 2.07. The fourth-order valence-electron chi connectivity index (χ4n) is 3.28. The molecule has 0 fully saturated rings. The molecule has 2 aliphatic heterocycles. The van der Waals surface area contributed by atoms with Gasteiger partial charge in [0.1, 0.15) is 6.10 Å². The van der Waals surface area contributed by atoms with Crippen molar-refractivity contribution in [2.24, 2.45) is 0 Å². The average molecular weight is 333 g/mol. The van der Waals surface area contributed by atoms with Crippen LogP contribution in [0.3, 0.4) is 0 Å². The quantitative estimate of drug-likeness (QED) is 0.488. The summed E-state index contributed by atoms with van der Waals surface area (Å²) in [5, 5.41) is 22.7. The molecule has 126 valence electrons. The van der Waals surface area contributed by atoms with Gasteiger partial charge in [0.25, 0.3) is 5.91 Å². The van der Waals surface area contributed by atoms with E-state index in [1.54, 1.807) is 12.1 Å². The molecule has 0 saturated heterocycles. The molecule has 24 heavy (non-hydrogen) atoms. The Bertz CT molecular complexity index is 785. The number of aliphatic hydroxyl groups excluding tert-OH is 2. The van der Waals surface area contributed by atoms with Gasteiger partial charge in [-0.2, -0.15) is 0 Å². The SMILES string of the molecule is CC(=O)Oc1c2c(cc3c1C(=O)N[C@@H]1C3=CC[C@@H](O)[C@H]1O)OCO2. The molecule has 8 nitrogen and oxygen atoms in total. The molecule has 0 spiro atoms. The topological polar surface area (TPSA) is 114 Å². The Labute approximate surface area is 136 Å². The van der Waals surface area contributed by atoms with Gasteiger partial charge in [-0.1, -0.05) is 6.08 Å². The third-order valence-electron chi connectivity index (χ3n) is 4.34. The van der Waals surface area contributed by atoms with E-state index in [9.17, 15) is 19.8 Å². The van der Waals surface area contributed by atoms with Crippen LogP contribution < -0.4 is 19.5 Å². The molecule has 1 aliphatic carbocycles. The van der Waals surface area contributed by atoms with E-state index in [1.807, 2.05) is 0 Å². The van der Waals surface area contributed by atoms with E-state index in [0.29, 0.717) is 16.9 Å². The van der Waals surface area contributed by atoms with Gasteiger partial charge in [0.05, 0.1) is 17.7 Å². The van der Waals surface area contributed by atoms with Crippen LogP contribution in [-0.2, 0) is 4.79 Å². The smallest absolute Gasteiger partial charge is 0.308 e. The lowest BCUT2D eigenvalue weighted by atomic mass is 9.80. The number of aliphatic hydroxyl groups is 2. The molecule has 3 atom stereocenters. The van der Waals surface area contributed by atoms with Crippen molar-refractivity contribution in [2.45, 2.75) is 31.6 Å². The van der Waals surface area contributed by atoms with Crippen LogP contribution >= 0.6 is 0 Å². The standard InChI is InChI=1S/C16H15NO7/c1-6(18)24-15-11-8(4-10-14(15)23-5-22-10)7-2-3-9(19)13(20)12(7)17-16(11)21/h2,4,9,12-13,19-20H,3,5H2,1H3,(H,17,21)/t9-,12-,13-/m1/s1. The molecule has 3 N–H and O–H groups in total. The molecule has 0 unspecified atom stereocenters. The normalized spacial score (nSPS) is 26.9. The van der Waals surface area contributed by atoms with Crippen LogP contribution in [0, 0.1) is 0 Å². The van der Waals surface area contributed by atoms with Crippen molar-refractivity contribution in [3.8, 4) is 17.2 Å². The fraction of sp³-hybridized carbons (Fsp3) is 0.375. The highest BCUT2D eigenvalue weighted by Crippen LogP contribution is 2.49. The maximum absolute atomic E-state index is 12.6. The third-order valence-corrected chi connectivity index (χ3v) is 4.34. The first-order valence-electron chi connectivity index (χ1n) is 7.50.